The number of urea groups is 1. The molecule has 0 aliphatic carbocycles. The molecular formula is C11H13F2N7O2. The maximum Gasteiger partial charge on any atom is 0.324 e. The van der Waals surface area contributed by atoms with Crippen molar-refractivity contribution in [3.63, 3.8) is 0 Å². The minimum Gasteiger partial charge on any atom is -0.368 e. The summed E-state index contributed by atoms with van der Waals surface area (Å²) in [5, 5.41) is 12.1. The van der Waals surface area contributed by atoms with Gasteiger partial charge in [0, 0.05) is 19.3 Å². The van der Waals surface area contributed by atoms with E-state index in [1.165, 1.54) is 24.0 Å². The van der Waals surface area contributed by atoms with Crippen LogP contribution in [0.15, 0.2) is 18.5 Å². The van der Waals surface area contributed by atoms with Crippen LogP contribution < -0.4 is 16.4 Å². The number of nitrogens with one attached hydrogen (secondary N) is 2. The Bertz CT molecular complexity index is 694. The first-order chi connectivity index (χ1) is 10.4. The quantitative estimate of drug-likeness (QED) is 0.752. The molecule has 0 saturated heterocycles. The first-order valence-electron chi connectivity index (χ1n) is 6.06. The van der Waals surface area contributed by atoms with Crippen LogP contribution in [0.1, 0.15) is 12.1 Å². The number of carbonyl (C=O) groups excluding carboxylic acids is 2. The summed E-state index contributed by atoms with van der Waals surface area (Å²) in [6.07, 6.45) is -0.223. The van der Waals surface area contributed by atoms with Crippen LogP contribution in [-0.4, -0.2) is 31.5 Å². The van der Waals surface area contributed by atoms with Gasteiger partial charge in [0.25, 0.3) is 6.43 Å². The summed E-state index contributed by atoms with van der Waals surface area (Å²) >= 11 is 0. The summed E-state index contributed by atoms with van der Waals surface area (Å²) in [6, 6.07) is 0.666. The lowest BCUT2D eigenvalue weighted by molar-refractivity contribution is -0.118. The number of aromatic nitrogens is 4. The molecular weight excluding hydrogens is 300 g/mol. The van der Waals surface area contributed by atoms with E-state index in [1.807, 2.05) is 0 Å². The molecule has 2 heterocycles. The molecule has 0 radical (unpaired) electrons. The zero-order chi connectivity index (χ0) is 16.3. The van der Waals surface area contributed by atoms with E-state index >= 15 is 0 Å². The summed E-state index contributed by atoms with van der Waals surface area (Å²) in [5.41, 5.74) is 4.49. The summed E-state index contributed by atoms with van der Waals surface area (Å²) < 4.78 is 27.9. The van der Waals surface area contributed by atoms with Gasteiger partial charge < -0.3 is 11.1 Å². The Morgan fingerprint density at radius 2 is 2.14 bits per heavy atom. The van der Waals surface area contributed by atoms with Crippen molar-refractivity contribution in [3.05, 3.63) is 24.2 Å². The molecule has 2 aromatic rings. The molecule has 0 bridgehead atoms. The topological polar surface area (TPSA) is 120 Å². The van der Waals surface area contributed by atoms with Gasteiger partial charge in [-0.1, -0.05) is 0 Å². The van der Waals surface area contributed by atoms with Crippen molar-refractivity contribution in [1.29, 1.82) is 0 Å². The second-order valence-electron chi connectivity index (χ2n) is 4.31. The lowest BCUT2D eigenvalue weighted by Crippen LogP contribution is -2.21. The number of halogens is 2. The van der Waals surface area contributed by atoms with Crippen molar-refractivity contribution in [2.75, 3.05) is 10.6 Å². The number of primary amides is 1. The Morgan fingerprint density at radius 1 is 1.41 bits per heavy atom. The standard InChI is InChI=1S/C11H13F2N7O2/c1-19-9(10(12)13)6(4-15-19)16-11(22)17-8-2-3-20(18-8)5-7(14)21/h2-4,10H,5H2,1H3,(H2,14,21)(H2,16,17,18,22). The molecule has 0 spiro atoms. The van der Waals surface area contributed by atoms with Gasteiger partial charge in [-0.05, 0) is 0 Å². The van der Waals surface area contributed by atoms with Crippen LogP contribution in [0.4, 0.5) is 25.1 Å². The number of anilines is 2. The lowest BCUT2D eigenvalue weighted by atomic mass is 10.4. The molecule has 2 rings (SSSR count). The summed E-state index contributed by atoms with van der Waals surface area (Å²) in [6.45, 7) is -0.137. The zero-order valence-corrected chi connectivity index (χ0v) is 11.5. The molecule has 9 nitrogen and oxygen atoms in total. The number of carbonyl (C=O) groups is 2. The first-order valence-corrected chi connectivity index (χ1v) is 6.06. The molecule has 118 valence electrons. The fourth-order valence-corrected chi connectivity index (χ4v) is 1.75. The van der Waals surface area contributed by atoms with Crippen LogP contribution in [0, 0.1) is 0 Å². The number of hydrogen-bond acceptors (Lipinski definition) is 4. The smallest absolute Gasteiger partial charge is 0.324 e. The van der Waals surface area contributed by atoms with Crippen molar-refractivity contribution in [1.82, 2.24) is 19.6 Å². The fourth-order valence-electron chi connectivity index (χ4n) is 1.75. The van der Waals surface area contributed by atoms with Crippen molar-refractivity contribution in [2.45, 2.75) is 13.0 Å². The third-order valence-corrected chi connectivity index (χ3v) is 2.64. The number of nitrogens with zero attached hydrogens (tertiary/aromatic N) is 4. The highest BCUT2D eigenvalue weighted by Gasteiger charge is 2.20. The summed E-state index contributed by atoms with van der Waals surface area (Å²) in [4.78, 5) is 22.5. The molecule has 0 atom stereocenters. The molecule has 4 N–H and O–H groups in total. The van der Waals surface area contributed by atoms with E-state index in [-0.39, 0.29) is 18.1 Å². The van der Waals surface area contributed by atoms with E-state index in [0.29, 0.717) is 0 Å². The monoisotopic (exact) mass is 313 g/mol. The molecule has 0 saturated carbocycles. The fraction of sp³-hybridized carbons (Fsp3) is 0.273. The number of amides is 3. The summed E-state index contributed by atoms with van der Waals surface area (Å²) in [7, 11) is 1.34. The molecule has 0 aliphatic rings. The molecule has 0 aliphatic heterocycles. The van der Waals surface area contributed by atoms with Crippen molar-refractivity contribution < 1.29 is 18.4 Å². The number of aryl methyl sites for hydroxylation is 1. The van der Waals surface area contributed by atoms with E-state index < -0.39 is 24.1 Å². The number of rotatable bonds is 5. The maximum atomic E-state index is 12.8. The molecule has 0 fully saturated rings. The Balaban J connectivity index is 2.01. The van der Waals surface area contributed by atoms with Crippen LogP contribution in [0.3, 0.4) is 0 Å². The minimum atomic E-state index is -2.78. The number of hydrogen-bond donors (Lipinski definition) is 3. The minimum absolute atomic E-state index is 0.105. The second kappa shape index (κ2) is 6.20. The summed E-state index contributed by atoms with van der Waals surface area (Å²) in [5.74, 6) is -0.447. The van der Waals surface area contributed by atoms with Crippen LogP contribution >= 0.6 is 0 Å². The van der Waals surface area contributed by atoms with Crippen LogP contribution in [0.25, 0.3) is 0 Å². The van der Waals surface area contributed by atoms with Crippen molar-refractivity contribution in [3.8, 4) is 0 Å². The van der Waals surface area contributed by atoms with E-state index in [4.69, 9.17) is 5.73 Å². The number of nitrogens with two attached hydrogens (primary N) is 1. The third-order valence-electron chi connectivity index (χ3n) is 2.64. The molecule has 0 aromatic carbocycles. The van der Waals surface area contributed by atoms with Gasteiger partial charge in [0.05, 0.1) is 11.9 Å². The van der Waals surface area contributed by atoms with Gasteiger partial charge in [0.15, 0.2) is 5.82 Å². The Labute approximate surface area is 123 Å². The van der Waals surface area contributed by atoms with Crippen LogP contribution in [0.2, 0.25) is 0 Å². The van der Waals surface area contributed by atoms with Gasteiger partial charge >= 0.3 is 6.03 Å². The highest BCUT2D eigenvalue weighted by molar-refractivity contribution is 5.99. The largest absolute Gasteiger partial charge is 0.368 e. The second-order valence-corrected chi connectivity index (χ2v) is 4.31. The van der Waals surface area contributed by atoms with Gasteiger partial charge in [-0.25, -0.2) is 13.6 Å². The molecule has 2 aromatic heterocycles. The normalized spacial score (nSPS) is 10.7. The van der Waals surface area contributed by atoms with Crippen LogP contribution in [-0.2, 0) is 18.4 Å². The highest BCUT2D eigenvalue weighted by atomic mass is 19.3. The van der Waals surface area contributed by atoms with E-state index in [1.54, 1.807) is 0 Å². The van der Waals surface area contributed by atoms with Gasteiger partial charge in [-0.15, -0.1) is 0 Å². The lowest BCUT2D eigenvalue weighted by Gasteiger charge is -2.07. The molecule has 0 unspecified atom stereocenters. The van der Waals surface area contributed by atoms with Gasteiger partial charge in [0.1, 0.15) is 12.2 Å². The molecule has 22 heavy (non-hydrogen) atoms. The van der Waals surface area contributed by atoms with Gasteiger partial charge in [-0.3, -0.25) is 19.5 Å². The van der Waals surface area contributed by atoms with E-state index in [9.17, 15) is 18.4 Å². The average molecular weight is 313 g/mol. The Hall–Kier alpha value is -2.98. The van der Waals surface area contributed by atoms with Crippen molar-refractivity contribution in [2.24, 2.45) is 12.8 Å². The van der Waals surface area contributed by atoms with Gasteiger partial charge in [-0.2, -0.15) is 10.2 Å². The molecule has 11 heteroatoms. The number of alkyl halides is 2. The average Bonchev–Trinajstić information content (AvgIpc) is 2.96. The predicted octanol–water partition coefficient (Wildman–Crippen LogP) is 0.683. The first kappa shape index (κ1) is 15.4. The zero-order valence-electron chi connectivity index (χ0n) is 11.5. The van der Waals surface area contributed by atoms with E-state index in [0.717, 1.165) is 10.9 Å². The Morgan fingerprint density at radius 3 is 2.77 bits per heavy atom. The Kier molecular flexibility index (Phi) is 4.34. The third kappa shape index (κ3) is 3.56. The van der Waals surface area contributed by atoms with Gasteiger partial charge in [0.2, 0.25) is 5.91 Å². The maximum absolute atomic E-state index is 12.8. The predicted molar refractivity (Wildman–Crippen MR) is 72.2 cm³/mol. The molecule has 3 amide bonds. The SMILES string of the molecule is Cn1ncc(NC(=O)Nc2ccn(CC(N)=O)n2)c1C(F)F. The highest BCUT2D eigenvalue weighted by Crippen LogP contribution is 2.26. The van der Waals surface area contributed by atoms with Crippen LogP contribution in [0.5, 0.6) is 0 Å². The van der Waals surface area contributed by atoms with Crippen molar-refractivity contribution >= 4 is 23.4 Å². The van der Waals surface area contributed by atoms with E-state index in [2.05, 4.69) is 20.8 Å².